The van der Waals surface area contributed by atoms with Gasteiger partial charge in [0.05, 0.1) is 6.89 Å². The topological polar surface area (TPSA) is 12.9 Å². The predicted molar refractivity (Wildman–Crippen MR) is 82.6 cm³/mol. The van der Waals surface area contributed by atoms with E-state index < -0.39 is 0 Å². The van der Waals surface area contributed by atoms with Gasteiger partial charge in [-0.1, -0.05) is 30.3 Å². The molecule has 4 aromatic rings. The quantitative estimate of drug-likeness (QED) is 0.464. The standard InChI is InChI=1S/C17H11NS/c1-2-6-16-13(4-1)11-17(19-16)14-7-8-15-12(10-14)5-3-9-18-15/h1-11H/i9D. The van der Waals surface area contributed by atoms with E-state index in [1.807, 2.05) is 12.1 Å². The van der Waals surface area contributed by atoms with Crippen molar-refractivity contribution in [1.29, 1.82) is 0 Å². The fraction of sp³-hybridized carbons (Fsp3) is 0. The van der Waals surface area contributed by atoms with E-state index in [-0.39, 0.29) is 0 Å². The van der Waals surface area contributed by atoms with Crippen LogP contribution in [0.5, 0.6) is 0 Å². The van der Waals surface area contributed by atoms with E-state index in [4.69, 9.17) is 1.37 Å². The zero-order chi connectivity index (χ0) is 13.5. The molecule has 0 aliphatic heterocycles. The van der Waals surface area contributed by atoms with Gasteiger partial charge in [-0.25, -0.2) is 0 Å². The lowest BCUT2D eigenvalue weighted by molar-refractivity contribution is 1.41. The normalized spacial score (nSPS) is 11.9. The maximum atomic E-state index is 7.56. The molecule has 2 heterocycles. The molecule has 0 saturated carbocycles. The highest BCUT2D eigenvalue weighted by molar-refractivity contribution is 7.22. The van der Waals surface area contributed by atoms with Crippen LogP contribution < -0.4 is 0 Å². The van der Waals surface area contributed by atoms with Gasteiger partial charge in [-0.05, 0) is 41.3 Å². The van der Waals surface area contributed by atoms with Gasteiger partial charge < -0.3 is 0 Å². The van der Waals surface area contributed by atoms with Crippen molar-refractivity contribution in [2.24, 2.45) is 0 Å². The Kier molecular flexibility index (Phi) is 2.13. The van der Waals surface area contributed by atoms with Crippen molar-refractivity contribution < 1.29 is 1.37 Å². The smallest absolute Gasteiger partial charge is 0.0840 e. The molecule has 90 valence electrons. The Morgan fingerprint density at radius 2 is 1.79 bits per heavy atom. The molecule has 0 bridgehead atoms. The highest BCUT2D eigenvalue weighted by Gasteiger charge is 2.04. The summed E-state index contributed by atoms with van der Waals surface area (Å²) in [6.07, 6.45) is 0.312. The van der Waals surface area contributed by atoms with Crippen LogP contribution in [0.2, 0.25) is 0 Å². The SMILES string of the molecule is [2H]c1ccc2cc(-c3cc4ccccc4s3)ccc2n1. The summed E-state index contributed by atoms with van der Waals surface area (Å²) in [4.78, 5) is 5.49. The summed E-state index contributed by atoms with van der Waals surface area (Å²) < 4.78 is 8.87. The molecule has 2 aromatic heterocycles. The minimum atomic E-state index is 0.312. The Balaban J connectivity index is 1.90. The maximum absolute atomic E-state index is 7.56. The summed E-state index contributed by atoms with van der Waals surface area (Å²) >= 11 is 1.80. The molecule has 0 aliphatic rings. The number of thiophene rings is 1. The number of pyridine rings is 1. The Morgan fingerprint density at radius 1 is 0.895 bits per heavy atom. The molecular formula is C17H11NS. The molecule has 2 heteroatoms. The van der Waals surface area contributed by atoms with Crippen molar-refractivity contribution in [3.8, 4) is 10.4 Å². The summed E-state index contributed by atoms with van der Waals surface area (Å²) in [5.41, 5.74) is 2.08. The molecule has 0 N–H and O–H groups in total. The number of hydrogen-bond acceptors (Lipinski definition) is 2. The van der Waals surface area contributed by atoms with Crippen LogP contribution in [-0.4, -0.2) is 4.98 Å². The van der Waals surface area contributed by atoms with Crippen LogP contribution in [0.15, 0.2) is 66.8 Å². The van der Waals surface area contributed by atoms with Gasteiger partial charge in [0.25, 0.3) is 0 Å². The Bertz CT molecular complexity index is 893. The minimum absolute atomic E-state index is 0.312. The van der Waals surface area contributed by atoms with Crippen LogP contribution in [0.25, 0.3) is 31.4 Å². The van der Waals surface area contributed by atoms with Crippen molar-refractivity contribution >= 4 is 32.3 Å². The minimum Gasteiger partial charge on any atom is -0.256 e. The molecule has 0 unspecified atom stereocenters. The summed E-state index contributed by atoms with van der Waals surface area (Å²) in [5.74, 6) is 0. The first-order valence-electron chi connectivity index (χ1n) is 6.66. The van der Waals surface area contributed by atoms with E-state index in [9.17, 15) is 0 Å². The summed E-state index contributed by atoms with van der Waals surface area (Å²) in [7, 11) is 0. The lowest BCUT2D eigenvalue weighted by Crippen LogP contribution is -1.78. The molecular weight excluding hydrogens is 250 g/mol. The number of rotatable bonds is 1. The maximum Gasteiger partial charge on any atom is 0.0840 e. The van der Waals surface area contributed by atoms with Gasteiger partial charge in [0.1, 0.15) is 0 Å². The van der Waals surface area contributed by atoms with E-state index in [0.717, 1.165) is 10.9 Å². The molecule has 0 fully saturated rings. The zero-order valence-electron chi connectivity index (χ0n) is 11.1. The lowest BCUT2D eigenvalue weighted by atomic mass is 10.1. The van der Waals surface area contributed by atoms with Crippen molar-refractivity contribution in [3.63, 3.8) is 0 Å². The van der Waals surface area contributed by atoms with Gasteiger partial charge in [0, 0.05) is 21.1 Å². The second-order valence-corrected chi connectivity index (χ2v) is 5.58. The summed E-state index contributed by atoms with van der Waals surface area (Å²) in [5, 5.41) is 2.36. The third-order valence-corrected chi connectivity index (χ3v) is 4.43. The number of hydrogen-bond donors (Lipinski definition) is 0. The van der Waals surface area contributed by atoms with Crippen LogP contribution in [0, 0.1) is 0 Å². The highest BCUT2D eigenvalue weighted by atomic mass is 32.1. The van der Waals surface area contributed by atoms with Crippen molar-refractivity contribution in [2.45, 2.75) is 0 Å². The van der Waals surface area contributed by atoms with Gasteiger partial charge in [-0.15, -0.1) is 11.3 Å². The number of fused-ring (bicyclic) bond motifs is 2. The molecule has 2 aromatic carbocycles. The van der Waals surface area contributed by atoms with E-state index >= 15 is 0 Å². The van der Waals surface area contributed by atoms with E-state index in [1.54, 1.807) is 17.4 Å². The molecule has 1 nitrogen and oxygen atoms in total. The Labute approximate surface area is 116 Å². The van der Waals surface area contributed by atoms with Crippen LogP contribution in [0.1, 0.15) is 1.37 Å². The van der Waals surface area contributed by atoms with Crippen molar-refractivity contribution in [2.75, 3.05) is 0 Å². The largest absolute Gasteiger partial charge is 0.256 e. The molecule has 0 radical (unpaired) electrons. The molecule has 0 atom stereocenters. The van der Waals surface area contributed by atoms with E-state index in [0.29, 0.717) is 6.17 Å². The summed E-state index contributed by atoms with van der Waals surface area (Å²) in [6.45, 7) is 0. The Hall–Kier alpha value is -2.19. The van der Waals surface area contributed by atoms with E-state index in [1.165, 1.54) is 20.5 Å². The van der Waals surface area contributed by atoms with Crippen LogP contribution >= 0.6 is 11.3 Å². The molecule has 0 amide bonds. The van der Waals surface area contributed by atoms with Gasteiger partial charge >= 0.3 is 0 Å². The highest BCUT2D eigenvalue weighted by Crippen LogP contribution is 2.34. The monoisotopic (exact) mass is 262 g/mol. The molecule has 0 aliphatic carbocycles. The lowest BCUT2D eigenvalue weighted by Gasteiger charge is -2.00. The number of nitrogens with zero attached hydrogens (tertiary/aromatic N) is 1. The zero-order valence-corrected chi connectivity index (χ0v) is 10.9. The van der Waals surface area contributed by atoms with Gasteiger partial charge in [0.2, 0.25) is 0 Å². The predicted octanol–water partition coefficient (Wildman–Crippen LogP) is 5.12. The third kappa shape index (κ3) is 1.81. The van der Waals surface area contributed by atoms with Gasteiger partial charge in [-0.2, -0.15) is 0 Å². The average molecular weight is 262 g/mol. The van der Waals surface area contributed by atoms with E-state index in [2.05, 4.69) is 47.4 Å². The number of benzene rings is 2. The Morgan fingerprint density at radius 3 is 2.74 bits per heavy atom. The summed E-state index contributed by atoms with van der Waals surface area (Å²) in [6, 6.07) is 20.6. The second-order valence-electron chi connectivity index (χ2n) is 4.50. The molecule has 0 saturated heterocycles. The molecule has 0 spiro atoms. The fourth-order valence-electron chi connectivity index (χ4n) is 2.30. The first-order valence-corrected chi connectivity index (χ1v) is 6.98. The van der Waals surface area contributed by atoms with Crippen molar-refractivity contribution in [1.82, 2.24) is 4.98 Å². The van der Waals surface area contributed by atoms with Crippen LogP contribution in [0.3, 0.4) is 0 Å². The molecule has 19 heavy (non-hydrogen) atoms. The number of aromatic nitrogens is 1. The van der Waals surface area contributed by atoms with Crippen LogP contribution in [0.4, 0.5) is 0 Å². The van der Waals surface area contributed by atoms with Crippen molar-refractivity contribution in [3.05, 3.63) is 66.8 Å². The molecule has 4 rings (SSSR count). The first kappa shape index (κ1) is 9.70. The first-order chi connectivity index (χ1) is 9.79. The van der Waals surface area contributed by atoms with Gasteiger partial charge in [-0.3, -0.25) is 4.98 Å². The van der Waals surface area contributed by atoms with Crippen LogP contribution in [-0.2, 0) is 0 Å². The fourth-order valence-corrected chi connectivity index (χ4v) is 3.36. The van der Waals surface area contributed by atoms with Gasteiger partial charge in [0.15, 0.2) is 0 Å². The average Bonchev–Trinajstić information content (AvgIpc) is 2.90. The third-order valence-electron chi connectivity index (χ3n) is 3.26. The second kappa shape index (κ2) is 4.18.